The van der Waals surface area contributed by atoms with E-state index in [4.69, 9.17) is 23.2 Å². The van der Waals surface area contributed by atoms with E-state index in [0.717, 1.165) is 0 Å². The Morgan fingerprint density at radius 1 is 1.05 bits per heavy atom. The number of fused-ring (bicyclic) bond motifs is 1. The van der Waals surface area contributed by atoms with Gasteiger partial charge in [0, 0.05) is 0 Å². The summed E-state index contributed by atoms with van der Waals surface area (Å²) < 4.78 is 1.18. The Labute approximate surface area is 123 Å². The van der Waals surface area contributed by atoms with Crippen molar-refractivity contribution in [2.24, 2.45) is 0 Å². The van der Waals surface area contributed by atoms with Crippen LogP contribution in [0, 0.1) is 0 Å². The first kappa shape index (κ1) is 13.0. The highest BCUT2D eigenvalue weighted by atomic mass is 35.5. The Morgan fingerprint density at radius 3 is 2.60 bits per heavy atom. The SMILES string of the molecule is O=C(c1cccc(Cl)c1Cl)n1[nH]c(=O)c2ccccc21. The first-order valence-electron chi connectivity index (χ1n) is 5.78. The number of hydrogen-bond acceptors (Lipinski definition) is 2. The Kier molecular flexibility index (Phi) is 3.12. The number of carbonyl (C=O) groups excluding carboxylic acids is 1. The number of nitrogens with one attached hydrogen (secondary N) is 1. The summed E-state index contributed by atoms with van der Waals surface area (Å²) in [6, 6.07) is 11.6. The van der Waals surface area contributed by atoms with Gasteiger partial charge in [-0.25, -0.2) is 4.68 Å². The summed E-state index contributed by atoms with van der Waals surface area (Å²) >= 11 is 11.9. The third kappa shape index (κ3) is 1.94. The van der Waals surface area contributed by atoms with Crippen molar-refractivity contribution < 1.29 is 4.79 Å². The summed E-state index contributed by atoms with van der Waals surface area (Å²) in [7, 11) is 0. The van der Waals surface area contributed by atoms with Crippen molar-refractivity contribution in [1.29, 1.82) is 0 Å². The van der Waals surface area contributed by atoms with Gasteiger partial charge in [-0.2, -0.15) is 0 Å². The topological polar surface area (TPSA) is 54.9 Å². The van der Waals surface area contributed by atoms with E-state index < -0.39 is 5.91 Å². The molecule has 0 atom stereocenters. The monoisotopic (exact) mass is 306 g/mol. The second kappa shape index (κ2) is 4.81. The Hall–Kier alpha value is -2.04. The fourth-order valence-electron chi connectivity index (χ4n) is 2.03. The molecule has 0 aliphatic heterocycles. The Morgan fingerprint density at radius 2 is 1.80 bits per heavy atom. The molecule has 0 spiro atoms. The fraction of sp³-hybridized carbons (Fsp3) is 0. The lowest BCUT2D eigenvalue weighted by molar-refractivity contribution is 0.0950. The molecule has 20 heavy (non-hydrogen) atoms. The van der Waals surface area contributed by atoms with E-state index in [0.29, 0.717) is 10.9 Å². The van der Waals surface area contributed by atoms with Gasteiger partial charge in [-0.3, -0.25) is 14.7 Å². The van der Waals surface area contributed by atoms with Crippen molar-refractivity contribution in [2.45, 2.75) is 0 Å². The molecule has 0 aliphatic carbocycles. The molecule has 0 radical (unpaired) electrons. The van der Waals surface area contributed by atoms with Crippen LogP contribution in [0.25, 0.3) is 10.9 Å². The summed E-state index contributed by atoms with van der Waals surface area (Å²) in [5.41, 5.74) is 0.404. The predicted molar refractivity (Wildman–Crippen MR) is 78.7 cm³/mol. The van der Waals surface area contributed by atoms with Crippen LogP contribution in [0.4, 0.5) is 0 Å². The minimum absolute atomic E-state index is 0.165. The Balaban J connectivity index is 2.23. The summed E-state index contributed by atoms with van der Waals surface area (Å²) in [6.07, 6.45) is 0. The van der Waals surface area contributed by atoms with Crippen LogP contribution in [0.5, 0.6) is 0 Å². The quantitative estimate of drug-likeness (QED) is 0.750. The second-order valence-electron chi connectivity index (χ2n) is 4.20. The van der Waals surface area contributed by atoms with Gasteiger partial charge >= 0.3 is 0 Å². The van der Waals surface area contributed by atoms with Crippen LogP contribution in [0.1, 0.15) is 10.4 Å². The number of carbonyl (C=O) groups is 1. The lowest BCUT2D eigenvalue weighted by atomic mass is 10.2. The van der Waals surface area contributed by atoms with E-state index in [1.54, 1.807) is 42.5 Å². The van der Waals surface area contributed by atoms with Crippen LogP contribution in [-0.2, 0) is 0 Å². The molecule has 0 bridgehead atoms. The lowest BCUT2D eigenvalue weighted by Gasteiger charge is -2.06. The van der Waals surface area contributed by atoms with Crippen molar-refractivity contribution in [3.05, 3.63) is 68.4 Å². The predicted octanol–water partition coefficient (Wildman–Crippen LogP) is 3.32. The van der Waals surface area contributed by atoms with E-state index in [9.17, 15) is 9.59 Å². The van der Waals surface area contributed by atoms with E-state index in [2.05, 4.69) is 5.10 Å². The van der Waals surface area contributed by atoms with E-state index in [1.165, 1.54) is 4.68 Å². The molecule has 0 unspecified atom stereocenters. The zero-order valence-electron chi connectivity index (χ0n) is 10.1. The van der Waals surface area contributed by atoms with Gasteiger partial charge in [0.2, 0.25) is 0 Å². The van der Waals surface area contributed by atoms with Crippen molar-refractivity contribution in [1.82, 2.24) is 9.78 Å². The van der Waals surface area contributed by atoms with Crippen LogP contribution >= 0.6 is 23.2 Å². The molecule has 0 fully saturated rings. The number of benzene rings is 2. The average Bonchev–Trinajstić information content (AvgIpc) is 2.79. The zero-order valence-corrected chi connectivity index (χ0v) is 11.6. The van der Waals surface area contributed by atoms with Gasteiger partial charge < -0.3 is 0 Å². The highest BCUT2D eigenvalue weighted by molar-refractivity contribution is 6.43. The fourth-order valence-corrected chi connectivity index (χ4v) is 2.41. The van der Waals surface area contributed by atoms with Gasteiger partial charge in [0.1, 0.15) is 0 Å². The number of hydrogen-bond donors (Lipinski definition) is 1. The summed E-state index contributed by atoms with van der Waals surface area (Å²) in [5, 5.41) is 3.40. The summed E-state index contributed by atoms with van der Waals surface area (Å²) in [5.74, 6) is -0.434. The zero-order chi connectivity index (χ0) is 14.3. The van der Waals surface area contributed by atoms with Crippen molar-refractivity contribution >= 4 is 40.0 Å². The normalized spacial score (nSPS) is 10.9. The maximum Gasteiger partial charge on any atom is 0.278 e. The minimum Gasteiger partial charge on any atom is -0.267 e. The number of rotatable bonds is 1. The molecule has 0 saturated heterocycles. The smallest absolute Gasteiger partial charge is 0.267 e. The molecule has 1 N–H and O–H groups in total. The maximum atomic E-state index is 12.5. The molecule has 0 amide bonds. The number of halogens is 2. The van der Waals surface area contributed by atoms with Crippen LogP contribution < -0.4 is 5.56 Å². The number of aromatic amines is 1. The van der Waals surface area contributed by atoms with Gasteiger partial charge in [-0.1, -0.05) is 41.4 Å². The molecule has 3 rings (SSSR count). The molecular formula is C14H8Cl2N2O2. The molecule has 6 heteroatoms. The van der Waals surface area contributed by atoms with Gasteiger partial charge in [-0.05, 0) is 24.3 Å². The molecular weight excluding hydrogens is 299 g/mol. The third-order valence-electron chi connectivity index (χ3n) is 2.99. The molecule has 0 aliphatic rings. The van der Waals surface area contributed by atoms with Crippen LogP contribution in [0.2, 0.25) is 10.0 Å². The third-order valence-corrected chi connectivity index (χ3v) is 3.81. The van der Waals surface area contributed by atoms with E-state index >= 15 is 0 Å². The van der Waals surface area contributed by atoms with Gasteiger partial charge in [0.15, 0.2) is 0 Å². The van der Waals surface area contributed by atoms with Gasteiger partial charge in [0.25, 0.3) is 11.5 Å². The molecule has 100 valence electrons. The van der Waals surface area contributed by atoms with Crippen LogP contribution in [0.3, 0.4) is 0 Å². The van der Waals surface area contributed by atoms with E-state index in [-0.39, 0.29) is 21.2 Å². The highest BCUT2D eigenvalue weighted by Gasteiger charge is 2.17. The Bertz CT molecular complexity index is 880. The molecule has 3 aromatic rings. The first-order valence-corrected chi connectivity index (χ1v) is 6.53. The second-order valence-corrected chi connectivity index (χ2v) is 4.99. The van der Waals surface area contributed by atoms with Crippen molar-refractivity contribution in [3.63, 3.8) is 0 Å². The number of aromatic nitrogens is 2. The van der Waals surface area contributed by atoms with Crippen LogP contribution in [-0.4, -0.2) is 15.7 Å². The number of H-pyrrole nitrogens is 1. The largest absolute Gasteiger partial charge is 0.278 e. The van der Waals surface area contributed by atoms with Crippen molar-refractivity contribution in [3.8, 4) is 0 Å². The van der Waals surface area contributed by atoms with E-state index in [1.807, 2.05) is 0 Å². The molecule has 1 heterocycles. The molecule has 0 saturated carbocycles. The van der Waals surface area contributed by atoms with Crippen LogP contribution in [0.15, 0.2) is 47.3 Å². The average molecular weight is 307 g/mol. The maximum absolute atomic E-state index is 12.5. The summed E-state index contributed by atoms with van der Waals surface area (Å²) in [6.45, 7) is 0. The number of nitrogens with zero attached hydrogens (tertiary/aromatic N) is 1. The van der Waals surface area contributed by atoms with Gasteiger partial charge in [-0.15, -0.1) is 0 Å². The van der Waals surface area contributed by atoms with Crippen molar-refractivity contribution in [2.75, 3.05) is 0 Å². The lowest BCUT2D eigenvalue weighted by Crippen LogP contribution is -2.16. The highest BCUT2D eigenvalue weighted by Crippen LogP contribution is 2.26. The standard InChI is InChI=1S/C14H8Cl2N2O2/c15-10-6-3-5-9(12(10)16)14(20)18-11-7-2-1-4-8(11)13(19)17-18/h1-7H,(H,17,19). The molecule has 2 aromatic carbocycles. The molecule has 4 nitrogen and oxygen atoms in total. The summed E-state index contributed by atoms with van der Waals surface area (Å²) in [4.78, 5) is 24.3. The number of para-hydroxylation sites is 1. The minimum atomic E-state index is -0.434. The van der Waals surface area contributed by atoms with Gasteiger partial charge in [0.05, 0.1) is 26.5 Å². The first-order chi connectivity index (χ1) is 9.59. The molecule has 1 aromatic heterocycles.